The number of benzene rings is 15. The first-order chi connectivity index (χ1) is 41.1. The molecular formula is C84H60. The molecule has 0 saturated heterocycles. The Labute approximate surface area is 491 Å². The summed E-state index contributed by atoms with van der Waals surface area (Å²) >= 11 is 0. The van der Waals surface area contributed by atoms with Crippen LogP contribution in [0.2, 0.25) is 0 Å². The van der Waals surface area contributed by atoms with E-state index in [1.54, 1.807) is 0 Å². The Balaban J connectivity index is 0.000000139. The minimum atomic E-state index is -0.0935. The summed E-state index contributed by atoms with van der Waals surface area (Å²) in [4.78, 5) is 0. The van der Waals surface area contributed by atoms with Crippen LogP contribution in [0.4, 0.5) is 0 Å². The van der Waals surface area contributed by atoms with E-state index in [1.807, 2.05) is 0 Å². The largest absolute Gasteiger partial charge is 0.0622 e. The van der Waals surface area contributed by atoms with Gasteiger partial charge in [-0.25, -0.2) is 0 Å². The van der Waals surface area contributed by atoms with Gasteiger partial charge in [-0.15, -0.1) is 0 Å². The molecule has 0 radical (unpaired) electrons. The quantitative estimate of drug-likeness (QED) is 0.161. The van der Waals surface area contributed by atoms with Crippen LogP contribution in [-0.2, 0) is 10.8 Å². The van der Waals surface area contributed by atoms with Crippen molar-refractivity contribution in [1.29, 1.82) is 0 Å². The topological polar surface area (TPSA) is 0 Å². The molecule has 2 aliphatic rings. The standard InChI is InChI=1S/C45H32.C39H28/c1-45(2)43-28-35(21-22-40(43)41-23-20-31-12-6-9-15-39(31)44(41)45)42-27-37(26-34-13-7-8-14-38(34)42)33-19-17-30-16-18-32(24-36(30)25-33)29-10-4-3-5-11-29;1-39(2)37-24-33(18-19-35(37)36-20-17-26-8-5-6-10-34(26)38(36)39)32-16-15-30-22-29(13-14-31(30)23-32)28-12-11-25-7-3-4-9-27(25)21-28/h3-28H,1-2H3;3-24H,1-2H3. The van der Waals surface area contributed by atoms with Crippen molar-refractivity contribution in [1.82, 2.24) is 0 Å². The Morgan fingerprint density at radius 1 is 0.179 bits per heavy atom. The van der Waals surface area contributed by atoms with Crippen LogP contribution in [0.5, 0.6) is 0 Å². The first-order valence-corrected chi connectivity index (χ1v) is 29.6. The Morgan fingerprint density at radius 3 is 1.07 bits per heavy atom. The molecule has 17 rings (SSSR count). The van der Waals surface area contributed by atoms with Crippen LogP contribution in [0.1, 0.15) is 49.9 Å². The van der Waals surface area contributed by atoms with Crippen molar-refractivity contribution >= 4 is 64.6 Å². The van der Waals surface area contributed by atoms with Gasteiger partial charge in [-0.1, -0.05) is 264 Å². The highest BCUT2D eigenvalue weighted by Gasteiger charge is 2.38. The van der Waals surface area contributed by atoms with Gasteiger partial charge < -0.3 is 0 Å². The van der Waals surface area contributed by atoms with E-state index in [0.29, 0.717) is 0 Å². The molecule has 0 fully saturated rings. The molecule has 0 nitrogen and oxygen atoms in total. The molecule has 2 aliphatic carbocycles. The van der Waals surface area contributed by atoms with Crippen molar-refractivity contribution in [2.75, 3.05) is 0 Å². The molecular weight excluding hydrogens is 1010 g/mol. The Kier molecular flexibility index (Phi) is 11.4. The summed E-state index contributed by atoms with van der Waals surface area (Å²) in [6.45, 7) is 9.54. The average Bonchev–Trinajstić information content (AvgIpc) is 2.21. The van der Waals surface area contributed by atoms with Gasteiger partial charge in [0, 0.05) is 10.8 Å². The molecule has 396 valence electrons. The van der Waals surface area contributed by atoms with Crippen molar-refractivity contribution in [2.45, 2.75) is 38.5 Å². The maximum Gasteiger partial charge on any atom is 0.0165 e. The second kappa shape index (κ2) is 19.2. The van der Waals surface area contributed by atoms with Crippen LogP contribution in [0.15, 0.2) is 291 Å². The average molecular weight is 1070 g/mol. The van der Waals surface area contributed by atoms with Gasteiger partial charge in [-0.05, 0) is 219 Å². The van der Waals surface area contributed by atoms with E-state index < -0.39 is 0 Å². The second-order valence-electron chi connectivity index (χ2n) is 24.4. The van der Waals surface area contributed by atoms with Crippen LogP contribution >= 0.6 is 0 Å². The van der Waals surface area contributed by atoms with Gasteiger partial charge in [-0.3, -0.25) is 0 Å². The Hall–Kier alpha value is -10.1. The molecule has 0 N–H and O–H groups in total. The first-order valence-electron chi connectivity index (χ1n) is 29.6. The van der Waals surface area contributed by atoms with Crippen LogP contribution < -0.4 is 0 Å². The fourth-order valence-electron chi connectivity index (χ4n) is 14.5. The summed E-state index contributed by atoms with van der Waals surface area (Å²) in [6, 6.07) is 108. The van der Waals surface area contributed by atoms with Crippen molar-refractivity contribution in [3.05, 3.63) is 313 Å². The third kappa shape index (κ3) is 8.12. The van der Waals surface area contributed by atoms with Gasteiger partial charge in [-0.2, -0.15) is 0 Å². The van der Waals surface area contributed by atoms with Crippen LogP contribution in [-0.4, -0.2) is 0 Å². The maximum absolute atomic E-state index is 2.46. The predicted molar refractivity (Wildman–Crippen MR) is 360 cm³/mol. The van der Waals surface area contributed by atoms with Crippen molar-refractivity contribution < 1.29 is 0 Å². The van der Waals surface area contributed by atoms with Gasteiger partial charge in [0.1, 0.15) is 0 Å². The van der Waals surface area contributed by atoms with Gasteiger partial charge in [0.15, 0.2) is 0 Å². The zero-order valence-corrected chi connectivity index (χ0v) is 47.7. The SMILES string of the molecule is CC1(C)c2cc(-c3cc(-c4ccc5ccc(-c6ccccc6)cc5c4)cc4ccccc34)ccc2-c2ccc3ccccc3c21.CC1(C)c2cc(-c3ccc4cc(-c5ccc6ccccc6c5)ccc4c3)ccc2-c2ccc3ccccc3c21. The summed E-state index contributed by atoms with van der Waals surface area (Å²) in [5.74, 6) is 0. The first kappa shape index (κ1) is 49.7. The molecule has 15 aromatic carbocycles. The van der Waals surface area contributed by atoms with Crippen molar-refractivity contribution in [3.8, 4) is 77.9 Å². The number of fused-ring (bicyclic) bond motifs is 14. The molecule has 0 heteroatoms. The van der Waals surface area contributed by atoms with E-state index in [-0.39, 0.29) is 10.8 Å². The highest BCUT2D eigenvalue weighted by Crippen LogP contribution is 2.54. The molecule has 0 bridgehead atoms. The normalized spacial score (nSPS) is 13.4. The number of rotatable bonds is 5. The smallest absolute Gasteiger partial charge is 0.0165 e. The monoisotopic (exact) mass is 1070 g/mol. The second-order valence-corrected chi connectivity index (χ2v) is 24.4. The van der Waals surface area contributed by atoms with E-state index in [0.717, 1.165) is 0 Å². The summed E-state index contributed by atoms with van der Waals surface area (Å²) in [7, 11) is 0. The van der Waals surface area contributed by atoms with Gasteiger partial charge in [0.25, 0.3) is 0 Å². The van der Waals surface area contributed by atoms with Crippen LogP contribution in [0.25, 0.3) is 143 Å². The van der Waals surface area contributed by atoms with E-state index in [2.05, 4.69) is 319 Å². The van der Waals surface area contributed by atoms with Gasteiger partial charge in [0.2, 0.25) is 0 Å². The third-order valence-electron chi connectivity index (χ3n) is 18.8. The number of hydrogen-bond donors (Lipinski definition) is 0. The van der Waals surface area contributed by atoms with Crippen molar-refractivity contribution in [3.63, 3.8) is 0 Å². The Morgan fingerprint density at radius 2 is 0.512 bits per heavy atom. The van der Waals surface area contributed by atoms with E-state index in [9.17, 15) is 0 Å². The van der Waals surface area contributed by atoms with Crippen LogP contribution in [0.3, 0.4) is 0 Å². The predicted octanol–water partition coefficient (Wildman–Crippen LogP) is 23.2. The lowest BCUT2D eigenvalue weighted by Crippen LogP contribution is -2.15. The zero-order valence-electron chi connectivity index (χ0n) is 47.7. The lowest BCUT2D eigenvalue weighted by molar-refractivity contribution is 0.666. The van der Waals surface area contributed by atoms with E-state index >= 15 is 0 Å². The summed E-state index contributed by atoms with van der Waals surface area (Å²) in [5, 5.41) is 15.5. The van der Waals surface area contributed by atoms with E-state index in [1.165, 1.54) is 165 Å². The third-order valence-corrected chi connectivity index (χ3v) is 18.8. The summed E-state index contributed by atoms with van der Waals surface area (Å²) in [5.41, 5.74) is 23.6. The van der Waals surface area contributed by atoms with Crippen LogP contribution in [0, 0.1) is 0 Å². The summed E-state index contributed by atoms with van der Waals surface area (Å²) < 4.78 is 0. The number of hydrogen-bond acceptors (Lipinski definition) is 0. The highest BCUT2D eigenvalue weighted by molar-refractivity contribution is 6.04. The molecule has 0 atom stereocenters. The Bertz CT molecular complexity index is 5190. The summed E-state index contributed by atoms with van der Waals surface area (Å²) in [6.07, 6.45) is 0. The van der Waals surface area contributed by atoms with Crippen molar-refractivity contribution in [2.24, 2.45) is 0 Å². The molecule has 0 heterocycles. The molecule has 0 unspecified atom stereocenters. The highest BCUT2D eigenvalue weighted by atomic mass is 14.4. The molecule has 0 aliphatic heterocycles. The molecule has 0 amide bonds. The molecule has 0 aromatic heterocycles. The van der Waals surface area contributed by atoms with Gasteiger partial charge in [0.05, 0.1) is 0 Å². The molecule has 0 saturated carbocycles. The molecule has 84 heavy (non-hydrogen) atoms. The maximum atomic E-state index is 2.46. The minimum Gasteiger partial charge on any atom is -0.0622 e. The fraction of sp³-hybridized carbons (Fsp3) is 0.0714. The lowest BCUT2D eigenvalue weighted by atomic mass is 9.79. The molecule has 0 spiro atoms. The van der Waals surface area contributed by atoms with Gasteiger partial charge >= 0.3 is 0 Å². The lowest BCUT2D eigenvalue weighted by Gasteiger charge is -2.24. The molecule has 15 aromatic rings. The minimum absolute atomic E-state index is 0.0485. The fourth-order valence-corrected chi connectivity index (χ4v) is 14.5. The van der Waals surface area contributed by atoms with E-state index in [4.69, 9.17) is 0 Å². The zero-order chi connectivity index (χ0) is 56.3.